The zero-order valence-corrected chi connectivity index (χ0v) is 10.3. The van der Waals surface area contributed by atoms with Gasteiger partial charge in [0.1, 0.15) is 5.82 Å². The van der Waals surface area contributed by atoms with Gasteiger partial charge in [0.15, 0.2) is 0 Å². The molecule has 4 nitrogen and oxygen atoms in total. The van der Waals surface area contributed by atoms with Crippen LogP contribution >= 0.6 is 11.6 Å². The van der Waals surface area contributed by atoms with Crippen LogP contribution in [0, 0.1) is 11.7 Å². The van der Waals surface area contributed by atoms with E-state index in [-0.39, 0.29) is 22.8 Å². The molecule has 0 spiro atoms. The lowest BCUT2D eigenvalue weighted by atomic mass is 9.98. The fourth-order valence-electron chi connectivity index (χ4n) is 1.77. The number of carbonyl (C=O) groups is 2. The average molecular weight is 271 g/mol. The van der Waals surface area contributed by atoms with Crippen molar-refractivity contribution < 1.29 is 14.0 Å². The second-order valence-corrected chi connectivity index (χ2v) is 4.57. The lowest BCUT2D eigenvalue weighted by Gasteiger charge is -2.21. The standard InChI is InChI=1S/C12H12ClFN2O2/c13-9-3-2-8(5-10(9)14)16-12(18)7-1-4-11(17)15-6-7/h2-3,5,7H,1,4,6H2,(H,15,17)(H,16,18). The van der Waals surface area contributed by atoms with E-state index in [4.69, 9.17) is 11.6 Å². The number of hydrogen-bond acceptors (Lipinski definition) is 2. The molecule has 1 fully saturated rings. The molecule has 2 N–H and O–H groups in total. The fraction of sp³-hybridized carbons (Fsp3) is 0.333. The predicted octanol–water partition coefficient (Wildman–Crippen LogP) is 1.94. The third-order valence-corrected chi connectivity index (χ3v) is 3.13. The summed E-state index contributed by atoms with van der Waals surface area (Å²) in [7, 11) is 0. The molecule has 0 aromatic heterocycles. The van der Waals surface area contributed by atoms with Crippen molar-refractivity contribution in [1.29, 1.82) is 0 Å². The van der Waals surface area contributed by atoms with Crippen LogP contribution in [0.3, 0.4) is 0 Å². The van der Waals surface area contributed by atoms with Crippen LogP contribution in [0.2, 0.25) is 5.02 Å². The molecule has 6 heteroatoms. The Kier molecular flexibility index (Phi) is 3.81. The summed E-state index contributed by atoms with van der Waals surface area (Å²) < 4.78 is 13.2. The summed E-state index contributed by atoms with van der Waals surface area (Å²) in [6.45, 7) is 0.320. The molecular formula is C12H12ClFN2O2. The van der Waals surface area contributed by atoms with E-state index in [2.05, 4.69) is 10.6 Å². The van der Waals surface area contributed by atoms with E-state index in [1.807, 2.05) is 0 Å². The quantitative estimate of drug-likeness (QED) is 0.863. The van der Waals surface area contributed by atoms with Gasteiger partial charge in [0.25, 0.3) is 0 Å². The van der Waals surface area contributed by atoms with Gasteiger partial charge < -0.3 is 10.6 Å². The molecule has 96 valence electrons. The number of benzene rings is 1. The van der Waals surface area contributed by atoms with E-state index in [0.29, 0.717) is 25.1 Å². The van der Waals surface area contributed by atoms with Gasteiger partial charge in [0.2, 0.25) is 11.8 Å². The third-order valence-electron chi connectivity index (χ3n) is 2.82. The Hall–Kier alpha value is -1.62. The van der Waals surface area contributed by atoms with Gasteiger partial charge in [0.05, 0.1) is 10.9 Å². The first kappa shape index (κ1) is 12.8. The van der Waals surface area contributed by atoms with Crippen LogP contribution in [0.15, 0.2) is 18.2 Å². The zero-order valence-electron chi connectivity index (χ0n) is 9.50. The maximum Gasteiger partial charge on any atom is 0.229 e. The summed E-state index contributed by atoms with van der Waals surface area (Å²) in [6, 6.07) is 4.08. The summed E-state index contributed by atoms with van der Waals surface area (Å²) in [5.41, 5.74) is 0.360. The Bertz CT molecular complexity index is 483. The number of rotatable bonds is 2. The van der Waals surface area contributed by atoms with Crippen molar-refractivity contribution in [3.8, 4) is 0 Å². The Morgan fingerprint density at radius 2 is 2.28 bits per heavy atom. The summed E-state index contributed by atoms with van der Waals surface area (Å²) in [6.07, 6.45) is 0.848. The third kappa shape index (κ3) is 2.98. The molecule has 2 rings (SSSR count). The molecule has 2 amide bonds. The molecule has 1 saturated heterocycles. The average Bonchev–Trinajstić information content (AvgIpc) is 2.34. The smallest absolute Gasteiger partial charge is 0.229 e. The van der Waals surface area contributed by atoms with Gasteiger partial charge in [-0.3, -0.25) is 9.59 Å². The van der Waals surface area contributed by atoms with Crippen molar-refractivity contribution in [1.82, 2.24) is 5.32 Å². The zero-order chi connectivity index (χ0) is 13.1. The van der Waals surface area contributed by atoms with E-state index in [9.17, 15) is 14.0 Å². The van der Waals surface area contributed by atoms with Crippen molar-refractivity contribution in [2.24, 2.45) is 5.92 Å². The summed E-state index contributed by atoms with van der Waals surface area (Å²) in [5, 5.41) is 5.24. The minimum absolute atomic E-state index is 0.0120. The van der Waals surface area contributed by atoms with Crippen molar-refractivity contribution in [3.05, 3.63) is 29.0 Å². The number of piperidine rings is 1. The molecule has 0 bridgehead atoms. The van der Waals surface area contributed by atoms with Crippen LogP contribution in [-0.4, -0.2) is 18.4 Å². The molecule has 1 aliphatic rings. The van der Waals surface area contributed by atoms with Crippen molar-refractivity contribution in [2.45, 2.75) is 12.8 Å². The van der Waals surface area contributed by atoms with E-state index in [1.54, 1.807) is 0 Å². The summed E-state index contributed by atoms with van der Waals surface area (Å²) in [4.78, 5) is 22.8. The molecule has 18 heavy (non-hydrogen) atoms. The predicted molar refractivity (Wildman–Crippen MR) is 65.8 cm³/mol. The highest BCUT2D eigenvalue weighted by Gasteiger charge is 2.24. The van der Waals surface area contributed by atoms with Crippen LogP contribution in [-0.2, 0) is 9.59 Å². The van der Waals surface area contributed by atoms with E-state index in [1.165, 1.54) is 18.2 Å². The lowest BCUT2D eigenvalue weighted by molar-refractivity contribution is -0.126. The number of hydrogen-bond donors (Lipinski definition) is 2. The van der Waals surface area contributed by atoms with Crippen molar-refractivity contribution in [2.75, 3.05) is 11.9 Å². The van der Waals surface area contributed by atoms with E-state index in [0.717, 1.165) is 0 Å². The Morgan fingerprint density at radius 3 is 2.89 bits per heavy atom. The highest BCUT2D eigenvalue weighted by molar-refractivity contribution is 6.30. The van der Waals surface area contributed by atoms with Crippen LogP contribution in [0.4, 0.5) is 10.1 Å². The number of amides is 2. The summed E-state index contributed by atoms with van der Waals surface area (Å²) >= 11 is 5.55. The SMILES string of the molecule is O=C1CCC(C(=O)Nc2ccc(Cl)c(F)c2)CN1. The van der Waals surface area contributed by atoms with Crippen LogP contribution in [0.25, 0.3) is 0 Å². The first-order chi connectivity index (χ1) is 8.56. The number of halogens is 2. The Morgan fingerprint density at radius 1 is 1.50 bits per heavy atom. The van der Waals surface area contributed by atoms with Crippen LogP contribution < -0.4 is 10.6 Å². The van der Waals surface area contributed by atoms with Crippen LogP contribution in [0.5, 0.6) is 0 Å². The minimum atomic E-state index is -0.577. The molecule has 1 aliphatic heterocycles. The normalized spacial score (nSPS) is 19.2. The molecule has 1 aromatic rings. The molecule has 1 atom stereocenters. The Balaban J connectivity index is 1.98. The van der Waals surface area contributed by atoms with Gasteiger partial charge in [0, 0.05) is 18.7 Å². The number of anilines is 1. The topological polar surface area (TPSA) is 58.2 Å². The molecule has 0 aliphatic carbocycles. The minimum Gasteiger partial charge on any atom is -0.355 e. The van der Waals surface area contributed by atoms with Gasteiger partial charge in [-0.05, 0) is 24.6 Å². The first-order valence-corrected chi connectivity index (χ1v) is 5.96. The number of nitrogens with one attached hydrogen (secondary N) is 2. The molecule has 1 unspecified atom stereocenters. The Labute approximate surface area is 109 Å². The van der Waals surface area contributed by atoms with Gasteiger partial charge in [-0.2, -0.15) is 0 Å². The largest absolute Gasteiger partial charge is 0.355 e. The summed E-state index contributed by atoms with van der Waals surface area (Å²) in [5.74, 6) is -1.12. The lowest BCUT2D eigenvalue weighted by Crippen LogP contribution is -2.40. The van der Waals surface area contributed by atoms with E-state index >= 15 is 0 Å². The van der Waals surface area contributed by atoms with Crippen LogP contribution in [0.1, 0.15) is 12.8 Å². The highest BCUT2D eigenvalue weighted by Crippen LogP contribution is 2.20. The monoisotopic (exact) mass is 270 g/mol. The van der Waals surface area contributed by atoms with Gasteiger partial charge >= 0.3 is 0 Å². The number of carbonyl (C=O) groups excluding carboxylic acids is 2. The van der Waals surface area contributed by atoms with Crippen molar-refractivity contribution >= 4 is 29.1 Å². The molecule has 1 aromatic carbocycles. The van der Waals surface area contributed by atoms with Crippen molar-refractivity contribution in [3.63, 3.8) is 0 Å². The van der Waals surface area contributed by atoms with Gasteiger partial charge in [-0.1, -0.05) is 11.6 Å². The molecule has 1 heterocycles. The first-order valence-electron chi connectivity index (χ1n) is 5.59. The fourth-order valence-corrected chi connectivity index (χ4v) is 1.89. The maximum atomic E-state index is 13.2. The maximum absolute atomic E-state index is 13.2. The second-order valence-electron chi connectivity index (χ2n) is 4.16. The molecule has 0 radical (unpaired) electrons. The van der Waals surface area contributed by atoms with Gasteiger partial charge in [-0.15, -0.1) is 0 Å². The van der Waals surface area contributed by atoms with Gasteiger partial charge in [-0.25, -0.2) is 4.39 Å². The molecule has 0 saturated carbocycles. The second kappa shape index (κ2) is 5.35. The molecular weight excluding hydrogens is 259 g/mol. The van der Waals surface area contributed by atoms with E-state index < -0.39 is 5.82 Å². The highest BCUT2D eigenvalue weighted by atomic mass is 35.5.